The van der Waals surface area contributed by atoms with Gasteiger partial charge in [0, 0.05) is 23.0 Å². The molecule has 0 saturated heterocycles. The van der Waals surface area contributed by atoms with Gasteiger partial charge in [-0.05, 0) is 62.6 Å². The molecule has 1 N–H and O–H groups in total. The summed E-state index contributed by atoms with van der Waals surface area (Å²) in [4.78, 5) is 6.78. The van der Waals surface area contributed by atoms with Crippen LogP contribution in [0.5, 0.6) is 0 Å². The number of halogens is 1. The average Bonchev–Trinajstić information content (AvgIpc) is 2.96. The van der Waals surface area contributed by atoms with Crippen molar-refractivity contribution in [3.05, 3.63) is 22.5 Å². The van der Waals surface area contributed by atoms with E-state index in [0.29, 0.717) is 22.9 Å². The topological polar surface area (TPSA) is 65.1 Å². The zero-order valence-corrected chi connectivity index (χ0v) is 15.3. The number of anilines is 1. The van der Waals surface area contributed by atoms with Gasteiger partial charge in [0.1, 0.15) is 11.9 Å². The van der Waals surface area contributed by atoms with Crippen LogP contribution in [0.2, 0.25) is 0 Å². The van der Waals surface area contributed by atoms with Gasteiger partial charge < -0.3 is 14.6 Å². The fourth-order valence-corrected chi connectivity index (χ4v) is 3.69. The Kier molecular flexibility index (Phi) is 4.35. The highest BCUT2D eigenvalue weighted by molar-refractivity contribution is 9.10. The van der Waals surface area contributed by atoms with E-state index in [9.17, 15) is 0 Å². The molecule has 0 aromatic carbocycles. The molecule has 0 amide bonds. The summed E-state index contributed by atoms with van der Waals surface area (Å²) in [6, 6.07) is 4.19. The molecule has 1 saturated carbocycles. The fourth-order valence-electron chi connectivity index (χ4n) is 3.16. The first-order chi connectivity index (χ1) is 10.9. The van der Waals surface area contributed by atoms with Crippen LogP contribution in [0.3, 0.4) is 0 Å². The predicted molar refractivity (Wildman–Crippen MR) is 94.4 cm³/mol. The van der Waals surface area contributed by atoms with E-state index in [1.165, 1.54) is 12.8 Å². The molecular formula is C17H21BrN4O. The zero-order chi connectivity index (χ0) is 16.6. The van der Waals surface area contributed by atoms with Gasteiger partial charge in [-0.25, -0.2) is 4.98 Å². The molecule has 1 fully saturated rings. The Bertz CT molecular complexity index is 754. The lowest BCUT2D eigenvalue weighted by Crippen LogP contribution is -2.46. The normalized spacial score (nSPS) is 24.8. The number of aromatic nitrogens is 1. The second kappa shape index (κ2) is 6.14. The van der Waals surface area contributed by atoms with Crippen LogP contribution in [0.15, 0.2) is 21.2 Å². The Morgan fingerprint density at radius 2 is 2.13 bits per heavy atom. The lowest BCUT2D eigenvalue weighted by atomic mass is 9.80. The molecule has 1 aliphatic rings. The Morgan fingerprint density at radius 3 is 2.74 bits per heavy atom. The molecule has 0 bridgehead atoms. The van der Waals surface area contributed by atoms with Crippen LogP contribution in [-0.2, 0) is 0 Å². The van der Waals surface area contributed by atoms with Gasteiger partial charge in [0.15, 0.2) is 5.58 Å². The van der Waals surface area contributed by atoms with Crippen molar-refractivity contribution in [1.82, 2.24) is 9.88 Å². The van der Waals surface area contributed by atoms with Crippen molar-refractivity contribution in [2.24, 2.45) is 0 Å². The van der Waals surface area contributed by atoms with Gasteiger partial charge in [-0.1, -0.05) is 0 Å². The highest BCUT2D eigenvalue weighted by atomic mass is 79.9. The van der Waals surface area contributed by atoms with Crippen molar-refractivity contribution in [3.8, 4) is 6.07 Å². The van der Waals surface area contributed by atoms with Gasteiger partial charge in [-0.3, -0.25) is 0 Å². The van der Waals surface area contributed by atoms with Crippen molar-refractivity contribution in [3.63, 3.8) is 0 Å². The van der Waals surface area contributed by atoms with E-state index in [4.69, 9.17) is 9.68 Å². The number of hydrogen-bond acceptors (Lipinski definition) is 5. The number of nitriles is 1. The Labute approximate surface area is 144 Å². The van der Waals surface area contributed by atoms with Gasteiger partial charge in [0.05, 0.1) is 10.7 Å². The summed E-state index contributed by atoms with van der Waals surface area (Å²) in [6.07, 6.45) is 6.25. The monoisotopic (exact) mass is 376 g/mol. The first kappa shape index (κ1) is 16.3. The van der Waals surface area contributed by atoms with Crippen LogP contribution in [0.1, 0.15) is 38.4 Å². The number of hydrogen-bond donors (Lipinski definition) is 1. The maximum Gasteiger partial charge on any atom is 0.204 e. The third-order valence-electron chi connectivity index (χ3n) is 5.11. The Balaban J connectivity index is 1.75. The second-order valence-corrected chi connectivity index (χ2v) is 7.52. The number of nitrogens with zero attached hydrogens (tertiary/aromatic N) is 3. The summed E-state index contributed by atoms with van der Waals surface area (Å²) >= 11 is 3.59. The number of pyridine rings is 1. The zero-order valence-electron chi connectivity index (χ0n) is 13.7. The molecule has 2 aromatic heterocycles. The van der Waals surface area contributed by atoms with Crippen LogP contribution in [0, 0.1) is 11.3 Å². The van der Waals surface area contributed by atoms with Gasteiger partial charge in [-0.15, -0.1) is 0 Å². The summed E-state index contributed by atoms with van der Waals surface area (Å²) in [7, 11) is 4.32. The van der Waals surface area contributed by atoms with E-state index in [0.717, 1.165) is 28.5 Å². The lowest BCUT2D eigenvalue weighted by molar-refractivity contribution is 0.116. The van der Waals surface area contributed by atoms with E-state index >= 15 is 0 Å². The van der Waals surface area contributed by atoms with Crippen LogP contribution < -0.4 is 5.32 Å². The Morgan fingerprint density at radius 1 is 1.43 bits per heavy atom. The molecule has 0 atom stereocenters. The molecule has 0 aliphatic heterocycles. The van der Waals surface area contributed by atoms with Crippen LogP contribution in [-0.4, -0.2) is 35.6 Å². The minimum Gasteiger partial charge on any atom is -0.444 e. The van der Waals surface area contributed by atoms with Crippen molar-refractivity contribution in [2.45, 2.75) is 44.2 Å². The Hall–Kier alpha value is -1.58. The smallest absolute Gasteiger partial charge is 0.204 e. The maximum atomic E-state index is 8.95. The maximum absolute atomic E-state index is 8.95. The number of furan rings is 1. The van der Waals surface area contributed by atoms with Gasteiger partial charge in [0.25, 0.3) is 0 Å². The van der Waals surface area contributed by atoms with E-state index in [-0.39, 0.29) is 0 Å². The quantitative estimate of drug-likeness (QED) is 0.871. The van der Waals surface area contributed by atoms with Gasteiger partial charge in [0.2, 0.25) is 5.76 Å². The van der Waals surface area contributed by atoms with E-state index in [1.54, 1.807) is 12.3 Å². The summed E-state index contributed by atoms with van der Waals surface area (Å²) in [5, 5.41) is 13.4. The molecule has 0 unspecified atom stereocenters. The molecule has 2 heterocycles. The standard InChI is InChI=1S/C17H21BrN4O/c1-17(22(2)3)6-4-11(5-7-17)21-16-15(18)13-8-12(9-19)23-14(13)10-20-16/h8,10-11H,4-7H2,1-3H3,(H,20,21). The summed E-state index contributed by atoms with van der Waals surface area (Å²) < 4.78 is 6.27. The van der Waals surface area contributed by atoms with E-state index in [1.807, 2.05) is 6.07 Å². The summed E-state index contributed by atoms with van der Waals surface area (Å²) in [5.41, 5.74) is 0.918. The molecule has 2 aromatic rings. The van der Waals surface area contributed by atoms with Crippen LogP contribution in [0.4, 0.5) is 5.82 Å². The van der Waals surface area contributed by atoms with Gasteiger partial charge in [-0.2, -0.15) is 5.26 Å². The van der Waals surface area contributed by atoms with Crippen molar-refractivity contribution < 1.29 is 4.42 Å². The van der Waals surface area contributed by atoms with E-state index in [2.05, 4.69) is 52.1 Å². The molecule has 5 nitrogen and oxygen atoms in total. The minimum atomic E-state index is 0.291. The van der Waals surface area contributed by atoms with Gasteiger partial charge >= 0.3 is 0 Å². The fraction of sp³-hybridized carbons (Fsp3) is 0.529. The molecule has 1 aliphatic carbocycles. The predicted octanol–water partition coefficient (Wildman–Crippen LogP) is 4.14. The second-order valence-electron chi connectivity index (χ2n) is 6.73. The van der Waals surface area contributed by atoms with Crippen LogP contribution in [0.25, 0.3) is 11.0 Å². The van der Waals surface area contributed by atoms with Crippen molar-refractivity contribution in [2.75, 3.05) is 19.4 Å². The molecule has 122 valence electrons. The minimum absolute atomic E-state index is 0.291. The van der Waals surface area contributed by atoms with Crippen molar-refractivity contribution in [1.29, 1.82) is 5.26 Å². The highest BCUT2D eigenvalue weighted by Gasteiger charge is 2.33. The van der Waals surface area contributed by atoms with Crippen LogP contribution >= 0.6 is 15.9 Å². The molecule has 6 heteroatoms. The third-order valence-corrected chi connectivity index (χ3v) is 5.91. The number of nitrogens with one attached hydrogen (secondary N) is 1. The lowest BCUT2D eigenvalue weighted by Gasteiger charge is -2.42. The SMILES string of the molecule is CN(C)C1(C)CCC(Nc2ncc3oc(C#N)cc3c2Br)CC1. The molecular weight excluding hydrogens is 356 g/mol. The number of rotatable bonds is 3. The number of fused-ring (bicyclic) bond motifs is 1. The molecule has 3 rings (SSSR count). The van der Waals surface area contributed by atoms with Crippen molar-refractivity contribution >= 4 is 32.7 Å². The highest BCUT2D eigenvalue weighted by Crippen LogP contribution is 2.36. The first-order valence-corrected chi connectivity index (χ1v) is 8.64. The van der Waals surface area contributed by atoms with E-state index < -0.39 is 0 Å². The first-order valence-electron chi connectivity index (χ1n) is 7.85. The summed E-state index contributed by atoms with van der Waals surface area (Å²) in [5.74, 6) is 1.13. The average molecular weight is 377 g/mol. The third kappa shape index (κ3) is 3.08. The molecule has 0 spiro atoms. The molecule has 23 heavy (non-hydrogen) atoms. The molecule has 0 radical (unpaired) electrons. The largest absolute Gasteiger partial charge is 0.444 e. The summed E-state index contributed by atoms with van der Waals surface area (Å²) in [6.45, 7) is 2.33.